The van der Waals surface area contributed by atoms with Crippen molar-refractivity contribution in [2.45, 2.75) is 48.1 Å². The Kier molecular flexibility index (Phi) is 4.19. The molecule has 1 aromatic carbocycles. The van der Waals surface area contributed by atoms with Crippen LogP contribution < -0.4 is 5.56 Å². The second kappa shape index (κ2) is 5.60. The Morgan fingerprint density at radius 1 is 1.00 bits per heavy atom. The first kappa shape index (κ1) is 15.7. The highest BCUT2D eigenvalue weighted by atomic mass is 32.1. The van der Waals surface area contributed by atoms with Crippen molar-refractivity contribution in [1.29, 1.82) is 0 Å². The van der Waals surface area contributed by atoms with Crippen molar-refractivity contribution in [2.75, 3.05) is 0 Å². The molecular weight excluding hydrogens is 280 g/mol. The van der Waals surface area contributed by atoms with Crippen molar-refractivity contribution in [3.05, 3.63) is 60.3 Å². The maximum atomic E-state index is 12.4. The summed E-state index contributed by atoms with van der Waals surface area (Å²) in [7, 11) is 0. The van der Waals surface area contributed by atoms with E-state index in [-0.39, 0.29) is 5.56 Å². The van der Waals surface area contributed by atoms with Gasteiger partial charge in [-0.2, -0.15) is 0 Å². The minimum atomic E-state index is -0.00784. The Morgan fingerprint density at radius 2 is 1.62 bits per heavy atom. The summed E-state index contributed by atoms with van der Waals surface area (Å²) >= 11 is 5.33. The van der Waals surface area contributed by atoms with Gasteiger partial charge in [0.2, 0.25) is 0 Å². The molecule has 0 bridgehead atoms. The van der Waals surface area contributed by atoms with Gasteiger partial charge in [0, 0.05) is 11.3 Å². The topological polar surface area (TPSA) is 37.8 Å². The van der Waals surface area contributed by atoms with Crippen molar-refractivity contribution >= 4 is 12.2 Å². The third kappa shape index (κ3) is 2.72. The van der Waals surface area contributed by atoms with E-state index in [0.717, 1.165) is 16.8 Å². The fourth-order valence-corrected chi connectivity index (χ4v) is 2.85. The summed E-state index contributed by atoms with van der Waals surface area (Å²) in [6.45, 7) is 12.7. The van der Waals surface area contributed by atoms with E-state index < -0.39 is 0 Å². The Balaban J connectivity index is 2.62. The van der Waals surface area contributed by atoms with Crippen LogP contribution in [0.25, 0.3) is 0 Å². The second-order valence-corrected chi connectivity index (χ2v) is 6.19. The highest BCUT2D eigenvalue weighted by Crippen LogP contribution is 2.21. The number of hydrogen-bond acceptors (Lipinski definition) is 2. The summed E-state index contributed by atoms with van der Waals surface area (Å²) in [5, 5.41) is 0. The first-order chi connectivity index (χ1) is 9.73. The predicted molar refractivity (Wildman–Crippen MR) is 89.9 cm³/mol. The van der Waals surface area contributed by atoms with Crippen LogP contribution in [0.1, 0.15) is 39.1 Å². The molecule has 0 saturated heterocycles. The third-order valence-electron chi connectivity index (χ3n) is 4.59. The molecule has 0 atom stereocenters. The van der Waals surface area contributed by atoms with Gasteiger partial charge in [0.25, 0.3) is 5.56 Å². The van der Waals surface area contributed by atoms with E-state index in [4.69, 9.17) is 12.2 Å². The van der Waals surface area contributed by atoms with Gasteiger partial charge in [-0.15, -0.1) is 0 Å². The van der Waals surface area contributed by atoms with E-state index in [2.05, 4.69) is 38.7 Å². The average molecular weight is 302 g/mol. The number of nitrogens with zero attached hydrogens (tertiary/aromatic N) is 1. The zero-order chi connectivity index (χ0) is 15.9. The number of benzene rings is 1. The lowest BCUT2D eigenvalue weighted by Gasteiger charge is -2.16. The summed E-state index contributed by atoms with van der Waals surface area (Å²) in [6, 6.07) is 2.16. The molecular formula is C17H22N2OS. The van der Waals surface area contributed by atoms with Gasteiger partial charge in [0.1, 0.15) is 0 Å². The molecule has 1 heterocycles. The zero-order valence-corrected chi connectivity index (χ0v) is 14.4. The van der Waals surface area contributed by atoms with Gasteiger partial charge in [-0.25, -0.2) is 0 Å². The molecule has 0 amide bonds. The monoisotopic (exact) mass is 302 g/mol. The van der Waals surface area contributed by atoms with Gasteiger partial charge >= 0.3 is 0 Å². The Labute approximate surface area is 130 Å². The SMILES string of the molecule is Cc1cc(Cn2c(=S)[nH]c(C)c(C)c2=O)c(C)c(C)c1C. The molecule has 0 unspecified atom stereocenters. The van der Waals surface area contributed by atoms with Gasteiger partial charge in [-0.3, -0.25) is 9.36 Å². The smallest absolute Gasteiger partial charge is 0.257 e. The van der Waals surface area contributed by atoms with Crippen LogP contribution >= 0.6 is 12.2 Å². The molecule has 3 nitrogen and oxygen atoms in total. The molecule has 0 aliphatic heterocycles. The fraction of sp³-hybridized carbons (Fsp3) is 0.412. The molecule has 1 N–H and O–H groups in total. The van der Waals surface area contributed by atoms with Crippen molar-refractivity contribution in [3.8, 4) is 0 Å². The van der Waals surface area contributed by atoms with Crippen LogP contribution in [0.15, 0.2) is 10.9 Å². The van der Waals surface area contributed by atoms with Crippen LogP contribution in [0.4, 0.5) is 0 Å². The van der Waals surface area contributed by atoms with Crippen molar-refractivity contribution < 1.29 is 0 Å². The van der Waals surface area contributed by atoms with Gasteiger partial charge in [-0.05, 0) is 81.6 Å². The summed E-state index contributed by atoms with van der Waals surface area (Å²) in [4.78, 5) is 15.5. The van der Waals surface area contributed by atoms with E-state index in [1.54, 1.807) is 4.57 Å². The zero-order valence-electron chi connectivity index (χ0n) is 13.5. The number of aromatic nitrogens is 2. The molecule has 0 aliphatic carbocycles. The summed E-state index contributed by atoms with van der Waals surface area (Å²) in [5.74, 6) is 0. The number of hydrogen-bond donors (Lipinski definition) is 1. The van der Waals surface area contributed by atoms with Crippen LogP contribution in [0.5, 0.6) is 0 Å². The predicted octanol–water partition coefficient (Wildman–Crippen LogP) is 3.80. The standard InChI is InChI=1S/C17H22N2OS/c1-9-7-15(12(4)11(3)10(9)2)8-19-16(20)13(5)14(6)18-17(19)21/h7H,8H2,1-6H3,(H,18,21). The average Bonchev–Trinajstić information content (AvgIpc) is 2.44. The molecule has 4 heteroatoms. The van der Waals surface area contributed by atoms with Crippen LogP contribution in [0, 0.1) is 46.3 Å². The molecule has 112 valence electrons. The second-order valence-electron chi connectivity index (χ2n) is 5.80. The number of aromatic amines is 1. The molecule has 1 aromatic heterocycles. The minimum absolute atomic E-state index is 0.00784. The Bertz CT molecular complexity index is 828. The van der Waals surface area contributed by atoms with Crippen molar-refractivity contribution in [1.82, 2.24) is 9.55 Å². The maximum absolute atomic E-state index is 12.4. The summed E-state index contributed by atoms with van der Waals surface area (Å²) in [5.41, 5.74) is 7.80. The van der Waals surface area contributed by atoms with E-state index >= 15 is 0 Å². The lowest BCUT2D eigenvalue weighted by atomic mass is 9.94. The quantitative estimate of drug-likeness (QED) is 0.857. The molecule has 2 rings (SSSR count). The largest absolute Gasteiger partial charge is 0.336 e. The van der Waals surface area contributed by atoms with Gasteiger partial charge < -0.3 is 4.98 Å². The molecule has 21 heavy (non-hydrogen) atoms. The molecule has 2 aromatic rings. The molecule has 0 spiro atoms. The first-order valence-electron chi connectivity index (χ1n) is 7.10. The highest BCUT2D eigenvalue weighted by Gasteiger charge is 2.11. The minimum Gasteiger partial charge on any atom is -0.336 e. The Morgan fingerprint density at radius 3 is 2.24 bits per heavy atom. The van der Waals surface area contributed by atoms with E-state index in [0.29, 0.717) is 11.3 Å². The van der Waals surface area contributed by atoms with Crippen LogP contribution in [-0.4, -0.2) is 9.55 Å². The van der Waals surface area contributed by atoms with Gasteiger partial charge in [0.15, 0.2) is 4.77 Å². The molecule has 0 radical (unpaired) electrons. The lowest BCUT2D eigenvalue weighted by Crippen LogP contribution is -2.26. The fourth-order valence-electron chi connectivity index (χ4n) is 2.55. The van der Waals surface area contributed by atoms with E-state index in [1.807, 2.05) is 13.8 Å². The van der Waals surface area contributed by atoms with Crippen LogP contribution in [0.2, 0.25) is 0 Å². The summed E-state index contributed by atoms with van der Waals surface area (Å²) < 4.78 is 2.13. The number of rotatable bonds is 2. The van der Waals surface area contributed by atoms with Crippen molar-refractivity contribution in [3.63, 3.8) is 0 Å². The molecule has 0 aliphatic rings. The maximum Gasteiger partial charge on any atom is 0.257 e. The third-order valence-corrected chi connectivity index (χ3v) is 4.91. The first-order valence-corrected chi connectivity index (χ1v) is 7.51. The molecule has 0 saturated carbocycles. The Hall–Kier alpha value is -1.68. The number of H-pyrrole nitrogens is 1. The van der Waals surface area contributed by atoms with Crippen LogP contribution in [-0.2, 0) is 6.54 Å². The lowest BCUT2D eigenvalue weighted by molar-refractivity contribution is 0.703. The number of aryl methyl sites for hydroxylation is 2. The molecule has 0 fully saturated rings. The van der Waals surface area contributed by atoms with Gasteiger partial charge in [0.05, 0.1) is 6.54 Å². The normalized spacial score (nSPS) is 11.0. The highest BCUT2D eigenvalue weighted by molar-refractivity contribution is 7.71. The summed E-state index contributed by atoms with van der Waals surface area (Å²) in [6.07, 6.45) is 0. The van der Waals surface area contributed by atoms with Gasteiger partial charge in [-0.1, -0.05) is 6.07 Å². The number of nitrogens with one attached hydrogen (secondary N) is 1. The van der Waals surface area contributed by atoms with Crippen LogP contribution in [0.3, 0.4) is 0 Å². The van der Waals surface area contributed by atoms with E-state index in [9.17, 15) is 4.79 Å². The van der Waals surface area contributed by atoms with E-state index in [1.165, 1.54) is 22.3 Å². The van der Waals surface area contributed by atoms with Crippen molar-refractivity contribution in [2.24, 2.45) is 0 Å².